The highest BCUT2D eigenvalue weighted by atomic mass is 19.1. The first kappa shape index (κ1) is 16.4. The number of hydrogen-bond acceptors (Lipinski definition) is 3. The van der Waals surface area contributed by atoms with E-state index in [1.54, 1.807) is 6.07 Å². The Labute approximate surface area is 146 Å². The molecule has 2 fully saturated rings. The number of halogens is 1. The van der Waals surface area contributed by atoms with Gasteiger partial charge < -0.3 is 15.0 Å². The Morgan fingerprint density at radius 2 is 1.72 bits per heavy atom. The van der Waals surface area contributed by atoms with Crippen LogP contribution >= 0.6 is 0 Å². The van der Waals surface area contributed by atoms with Gasteiger partial charge in [-0.05, 0) is 37.8 Å². The van der Waals surface area contributed by atoms with E-state index >= 15 is 0 Å². The van der Waals surface area contributed by atoms with Crippen molar-refractivity contribution < 1.29 is 9.50 Å². The minimum Gasteiger partial charge on any atom is -0.503 e. The summed E-state index contributed by atoms with van der Waals surface area (Å²) < 4.78 is 16.6. The molecule has 1 heterocycles. The first-order chi connectivity index (χ1) is 12.1. The van der Waals surface area contributed by atoms with Crippen molar-refractivity contribution in [1.29, 1.82) is 0 Å². The number of benzene rings is 1. The smallest absolute Gasteiger partial charge is 0.231 e. The zero-order chi connectivity index (χ0) is 17.4. The molecular formula is C20H25FN2O2. The molecular weight excluding hydrogens is 319 g/mol. The number of hydrogen-bond donors (Lipinski definition) is 2. The van der Waals surface area contributed by atoms with Crippen LogP contribution in [0.25, 0.3) is 10.9 Å². The van der Waals surface area contributed by atoms with E-state index in [4.69, 9.17) is 0 Å². The maximum Gasteiger partial charge on any atom is 0.231 e. The number of pyridine rings is 1. The standard InChI is InChI=1S/C20H25FN2O2/c21-16-10-15-18(11-17(16)22-13-6-2-1-3-7-13)23(12-19(24)20(15)25)14-8-4-5-9-14/h10-14,22,24H,1-9H2. The number of fused-ring (bicyclic) bond motifs is 1. The highest BCUT2D eigenvalue weighted by Gasteiger charge is 2.22. The maximum absolute atomic E-state index is 14.6. The molecule has 0 spiro atoms. The molecule has 2 aliphatic rings. The number of aromatic nitrogens is 1. The molecule has 0 saturated heterocycles. The molecule has 2 N–H and O–H groups in total. The summed E-state index contributed by atoms with van der Waals surface area (Å²) >= 11 is 0. The van der Waals surface area contributed by atoms with Gasteiger partial charge in [0.25, 0.3) is 0 Å². The van der Waals surface area contributed by atoms with Crippen molar-refractivity contribution in [2.45, 2.75) is 69.9 Å². The van der Waals surface area contributed by atoms with Gasteiger partial charge in [-0.15, -0.1) is 0 Å². The monoisotopic (exact) mass is 344 g/mol. The highest BCUT2D eigenvalue weighted by molar-refractivity contribution is 5.84. The zero-order valence-corrected chi connectivity index (χ0v) is 14.4. The second-order valence-corrected chi connectivity index (χ2v) is 7.52. The number of nitrogens with one attached hydrogen (secondary N) is 1. The van der Waals surface area contributed by atoms with Crippen molar-refractivity contribution in [3.8, 4) is 5.75 Å². The number of aromatic hydroxyl groups is 1. The normalized spacial score (nSPS) is 19.6. The summed E-state index contributed by atoms with van der Waals surface area (Å²) in [6.45, 7) is 0. The van der Waals surface area contributed by atoms with E-state index in [9.17, 15) is 14.3 Å². The van der Waals surface area contributed by atoms with E-state index in [-0.39, 0.29) is 17.2 Å². The topological polar surface area (TPSA) is 54.3 Å². The van der Waals surface area contributed by atoms with Crippen LogP contribution in [0, 0.1) is 5.82 Å². The second kappa shape index (κ2) is 6.70. The fourth-order valence-corrected chi connectivity index (χ4v) is 4.42. The van der Waals surface area contributed by atoms with Crippen LogP contribution in [0.4, 0.5) is 10.1 Å². The highest BCUT2D eigenvalue weighted by Crippen LogP contribution is 2.34. The van der Waals surface area contributed by atoms with Gasteiger partial charge in [-0.1, -0.05) is 32.1 Å². The third-order valence-electron chi connectivity index (χ3n) is 5.79. The molecule has 2 aromatic rings. The Hall–Kier alpha value is -2.04. The van der Waals surface area contributed by atoms with E-state index in [0.717, 1.165) is 44.0 Å². The van der Waals surface area contributed by atoms with E-state index in [1.807, 2.05) is 4.57 Å². The molecule has 0 aliphatic heterocycles. The number of anilines is 1. The molecule has 25 heavy (non-hydrogen) atoms. The quantitative estimate of drug-likeness (QED) is 0.848. The molecule has 0 atom stereocenters. The van der Waals surface area contributed by atoms with Gasteiger partial charge in [-0.2, -0.15) is 0 Å². The third-order valence-corrected chi connectivity index (χ3v) is 5.79. The summed E-state index contributed by atoms with van der Waals surface area (Å²) in [5.41, 5.74) is 0.693. The van der Waals surface area contributed by atoms with E-state index in [0.29, 0.717) is 11.7 Å². The van der Waals surface area contributed by atoms with Crippen LogP contribution in [0.5, 0.6) is 5.75 Å². The van der Waals surface area contributed by atoms with Gasteiger partial charge in [-0.25, -0.2) is 4.39 Å². The molecule has 0 unspecified atom stereocenters. The molecule has 4 nitrogen and oxygen atoms in total. The van der Waals surface area contributed by atoms with Gasteiger partial charge in [0.2, 0.25) is 5.43 Å². The average molecular weight is 344 g/mol. The van der Waals surface area contributed by atoms with Crippen LogP contribution in [-0.4, -0.2) is 15.7 Å². The first-order valence-corrected chi connectivity index (χ1v) is 9.47. The minimum atomic E-state index is -0.493. The van der Waals surface area contributed by atoms with Gasteiger partial charge in [-0.3, -0.25) is 4.79 Å². The Balaban J connectivity index is 1.80. The lowest BCUT2D eigenvalue weighted by molar-refractivity contribution is 0.451. The second-order valence-electron chi connectivity index (χ2n) is 7.52. The lowest BCUT2D eigenvalue weighted by Crippen LogP contribution is -2.23. The van der Waals surface area contributed by atoms with Crippen molar-refractivity contribution >= 4 is 16.6 Å². The fraction of sp³-hybridized carbons (Fsp3) is 0.550. The van der Waals surface area contributed by atoms with Crippen molar-refractivity contribution in [3.05, 3.63) is 34.4 Å². The molecule has 4 rings (SSSR count). The largest absolute Gasteiger partial charge is 0.503 e. The predicted octanol–water partition coefficient (Wildman–Crippen LogP) is 4.71. The Morgan fingerprint density at radius 3 is 2.44 bits per heavy atom. The summed E-state index contributed by atoms with van der Waals surface area (Å²) in [6, 6.07) is 3.61. The predicted molar refractivity (Wildman–Crippen MR) is 97.8 cm³/mol. The molecule has 1 aromatic carbocycles. The zero-order valence-electron chi connectivity index (χ0n) is 14.4. The average Bonchev–Trinajstić information content (AvgIpc) is 3.15. The van der Waals surface area contributed by atoms with Gasteiger partial charge in [0.15, 0.2) is 5.75 Å². The minimum absolute atomic E-state index is 0.263. The molecule has 2 saturated carbocycles. The van der Waals surface area contributed by atoms with E-state index in [1.165, 1.54) is 31.5 Å². The molecule has 0 bridgehead atoms. The van der Waals surface area contributed by atoms with Crippen LogP contribution in [0.3, 0.4) is 0 Å². The maximum atomic E-state index is 14.6. The number of nitrogens with zero attached hydrogens (tertiary/aromatic N) is 1. The lowest BCUT2D eigenvalue weighted by atomic mass is 9.95. The van der Waals surface area contributed by atoms with Gasteiger partial charge >= 0.3 is 0 Å². The lowest BCUT2D eigenvalue weighted by Gasteiger charge is -2.25. The van der Waals surface area contributed by atoms with Gasteiger partial charge in [0.05, 0.1) is 22.8 Å². The van der Waals surface area contributed by atoms with Crippen molar-refractivity contribution in [3.63, 3.8) is 0 Å². The Kier molecular flexibility index (Phi) is 4.40. The van der Waals surface area contributed by atoms with Crippen molar-refractivity contribution in [2.24, 2.45) is 0 Å². The fourth-order valence-electron chi connectivity index (χ4n) is 4.42. The van der Waals surface area contributed by atoms with Crippen molar-refractivity contribution in [2.75, 3.05) is 5.32 Å². The van der Waals surface area contributed by atoms with E-state index < -0.39 is 11.2 Å². The Morgan fingerprint density at radius 1 is 1.04 bits per heavy atom. The Bertz CT molecular complexity index is 834. The molecule has 0 amide bonds. The van der Waals surface area contributed by atoms with E-state index in [2.05, 4.69) is 5.32 Å². The van der Waals surface area contributed by atoms with Crippen LogP contribution in [0.15, 0.2) is 23.1 Å². The summed E-state index contributed by atoms with van der Waals surface area (Å²) in [6.07, 6.45) is 11.6. The third kappa shape index (κ3) is 3.12. The van der Waals surface area contributed by atoms with Crippen molar-refractivity contribution in [1.82, 2.24) is 4.57 Å². The molecule has 5 heteroatoms. The first-order valence-electron chi connectivity index (χ1n) is 9.47. The molecule has 0 radical (unpaired) electrons. The van der Waals surface area contributed by atoms with Crippen LogP contribution in [-0.2, 0) is 0 Å². The summed E-state index contributed by atoms with van der Waals surface area (Å²) in [4.78, 5) is 12.3. The molecule has 2 aliphatic carbocycles. The van der Waals surface area contributed by atoms with Crippen LogP contribution < -0.4 is 10.7 Å². The van der Waals surface area contributed by atoms with Crippen LogP contribution in [0.2, 0.25) is 0 Å². The summed E-state index contributed by atoms with van der Waals surface area (Å²) in [5, 5.41) is 13.6. The SMILES string of the molecule is O=c1c(O)cn(C2CCCC2)c2cc(NC3CCCCC3)c(F)cc12. The number of rotatable bonds is 3. The van der Waals surface area contributed by atoms with Crippen LogP contribution in [0.1, 0.15) is 63.8 Å². The summed E-state index contributed by atoms with van der Waals surface area (Å²) in [5.74, 6) is -0.717. The summed E-state index contributed by atoms with van der Waals surface area (Å²) in [7, 11) is 0. The molecule has 1 aromatic heterocycles. The molecule has 134 valence electrons. The van der Waals surface area contributed by atoms with Gasteiger partial charge in [0.1, 0.15) is 5.82 Å². The van der Waals surface area contributed by atoms with Gasteiger partial charge in [0, 0.05) is 12.1 Å².